The van der Waals surface area contributed by atoms with Gasteiger partial charge in [0.05, 0.1) is 15.4 Å². The molecular weight excluding hydrogens is 318 g/mol. The third kappa shape index (κ3) is 2.74. The zero-order chi connectivity index (χ0) is 14.2. The van der Waals surface area contributed by atoms with Crippen molar-refractivity contribution in [2.45, 2.75) is 19.6 Å². The van der Waals surface area contributed by atoms with E-state index >= 15 is 0 Å². The summed E-state index contributed by atoms with van der Waals surface area (Å²) in [5.41, 5.74) is 1.06. The quantitative estimate of drug-likeness (QED) is 0.375. The van der Waals surface area contributed by atoms with Crippen molar-refractivity contribution < 1.29 is 4.92 Å². The summed E-state index contributed by atoms with van der Waals surface area (Å²) in [4.78, 5) is 12.8. The molecule has 0 aliphatic heterocycles. The molecule has 7 heteroatoms. The van der Waals surface area contributed by atoms with E-state index in [4.69, 9.17) is 0 Å². The molecule has 0 aliphatic carbocycles. The van der Waals surface area contributed by atoms with Gasteiger partial charge >= 0.3 is 0 Å². The highest BCUT2D eigenvalue weighted by molar-refractivity contribution is 7.85. The minimum Gasteiger partial charge on any atom is -0.258 e. The highest BCUT2D eigenvalue weighted by atomic mass is 32.1. The van der Waals surface area contributed by atoms with Crippen LogP contribution < -0.4 is 0 Å². The van der Waals surface area contributed by atoms with Gasteiger partial charge in [-0.15, -0.1) is 50.5 Å². The van der Waals surface area contributed by atoms with E-state index < -0.39 is 4.92 Å². The Bertz CT molecular complexity index is 673. The SMILES string of the molecule is O=[N+]([O-])c1c(S)cccc1-c1ccc(S)c(S)c1S. The predicted octanol–water partition coefficient (Wildman–Crippen LogP) is 4.42. The minimum absolute atomic E-state index is 0.0409. The average molecular weight is 327 g/mol. The molecule has 0 saturated carbocycles. The van der Waals surface area contributed by atoms with Crippen molar-refractivity contribution >= 4 is 56.2 Å². The number of thiol groups is 4. The van der Waals surface area contributed by atoms with Gasteiger partial charge in [0.2, 0.25) is 0 Å². The molecule has 19 heavy (non-hydrogen) atoms. The van der Waals surface area contributed by atoms with Crippen LogP contribution >= 0.6 is 50.5 Å². The summed E-state index contributed by atoms with van der Waals surface area (Å²) < 4.78 is 0. The smallest absolute Gasteiger partial charge is 0.258 e. The fraction of sp³-hybridized carbons (Fsp3) is 0. The van der Waals surface area contributed by atoms with E-state index in [1.807, 2.05) is 0 Å². The van der Waals surface area contributed by atoms with Crippen LogP contribution in [0.25, 0.3) is 11.1 Å². The van der Waals surface area contributed by atoms with Gasteiger partial charge in [0.1, 0.15) is 0 Å². The fourth-order valence-electron chi connectivity index (χ4n) is 1.73. The fourth-order valence-corrected chi connectivity index (χ4v) is 2.80. The van der Waals surface area contributed by atoms with Gasteiger partial charge in [-0.25, -0.2) is 0 Å². The van der Waals surface area contributed by atoms with Crippen molar-refractivity contribution in [3.05, 3.63) is 40.4 Å². The molecule has 0 saturated heterocycles. The van der Waals surface area contributed by atoms with Gasteiger partial charge in [0.25, 0.3) is 5.69 Å². The number of nitro groups is 1. The Kier molecular flexibility index (Phi) is 4.39. The van der Waals surface area contributed by atoms with Gasteiger partial charge in [0.15, 0.2) is 0 Å². The number of hydrogen-bond donors (Lipinski definition) is 4. The Hall–Kier alpha value is -0.760. The molecule has 2 aromatic rings. The molecule has 0 atom stereocenters. The first-order valence-electron chi connectivity index (χ1n) is 5.14. The molecule has 0 N–H and O–H groups in total. The second-order valence-electron chi connectivity index (χ2n) is 3.76. The number of nitro benzene ring substituents is 1. The lowest BCUT2D eigenvalue weighted by atomic mass is 10.0. The summed E-state index contributed by atoms with van der Waals surface area (Å²) in [5.74, 6) is 0. The normalized spacial score (nSPS) is 10.5. The van der Waals surface area contributed by atoms with Crippen molar-refractivity contribution in [3.63, 3.8) is 0 Å². The van der Waals surface area contributed by atoms with Gasteiger partial charge in [-0.2, -0.15) is 0 Å². The topological polar surface area (TPSA) is 43.1 Å². The minimum atomic E-state index is -0.447. The summed E-state index contributed by atoms with van der Waals surface area (Å²) in [7, 11) is 0. The van der Waals surface area contributed by atoms with Crippen LogP contribution in [0, 0.1) is 10.1 Å². The average Bonchev–Trinajstić information content (AvgIpc) is 2.35. The molecular formula is C12H9NO2S4. The largest absolute Gasteiger partial charge is 0.290 e. The number of para-hydroxylation sites is 1. The van der Waals surface area contributed by atoms with E-state index in [9.17, 15) is 10.1 Å². The molecule has 0 radical (unpaired) electrons. The van der Waals surface area contributed by atoms with E-state index in [1.165, 1.54) is 0 Å². The van der Waals surface area contributed by atoms with Crippen molar-refractivity contribution in [1.29, 1.82) is 0 Å². The molecule has 0 unspecified atom stereocenters. The van der Waals surface area contributed by atoms with Crippen LogP contribution in [0.3, 0.4) is 0 Å². The molecule has 0 bridgehead atoms. The molecule has 0 fully saturated rings. The molecule has 0 amide bonds. The first-order valence-corrected chi connectivity index (χ1v) is 6.93. The summed E-state index contributed by atoms with van der Waals surface area (Å²) in [6.45, 7) is 0. The monoisotopic (exact) mass is 327 g/mol. The molecule has 2 aromatic carbocycles. The Morgan fingerprint density at radius 2 is 1.53 bits per heavy atom. The maximum absolute atomic E-state index is 11.2. The van der Waals surface area contributed by atoms with Crippen molar-refractivity contribution in [2.75, 3.05) is 0 Å². The van der Waals surface area contributed by atoms with Gasteiger partial charge in [0, 0.05) is 20.2 Å². The van der Waals surface area contributed by atoms with Crippen LogP contribution in [0.4, 0.5) is 5.69 Å². The maximum Gasteiger partial charge on any atom is 0.290 e. The molecule has 0 spiro atoms. The van der Waals surface area contributed by atoms with Crippen LogP contribution in [-0.2, 0) is 0 Å². The molecule has 98 valence electrons. The second kappa shape index (κ2) is 5.70. The number of benzene rings is 2. The van der Waals surface area contributed by atoms with E-state index in [0.717, 1.165) is 0 Å². The standard InChI is InChI=1S/C12H9NO2S4/c14-13(15)10-6(2-1-3-8(10)16)7-4-5-9(17)12(19)11(7)18/h1-5,16-19H. The first-order chi connectivity index (χ1) is 8.93. The summed E-state index contributed by atoms with van der Waals surface area (Å²) in [5, 5.41) is 11.2. The predicted molar refractivity (Wildman–Crippen MR) is 87.5 cm³/mol. The van der Waals surface area contributed by atoms with Crippen molar-refractivity contribution in [1.82, 2.24) is 0 Å². The Balaban J connectivity index is 2.77. The van der Waals surface area contributed by atoms with Crippen LogP contribution in [0.5, 0.6) is 0 Å². The number of rotatable bonds is 2. The zero-order valence-corrected chi connectivity index (χ0v) is 13.0. The first kappa shape index (κ1) is 14.6. The van der Waals surface area contributed by atoms with Crippen molar-refractivity contribution in [3.8, 4) is 11.1 Å². The van der Waals surface area contributed by atoms with E-state index in [1.54, 1.807) is 30.3 Å². The van der Waals surface area contributed by atoms with Gasteiger partial charge < -0.3 is 0 Å². The van der Waals surface area contributed by atoms with Crippen molar-refractivity contribution in [2.24, 2.45) is 0 Å². The van der Waals surface area contributed by atoms with E-state index in [0.29, 0.717) is 30.7 Å². The summed E-state index contributed by atoms with van der Waals surface area (Å²) >= 11 is 17.0. The second-order valence-corrected chi connectivity index (χ2v) is 5.62. The highest BCUT2D eigenvalue weighted by Gasteiger charge is 2.21. The van der Waals surface area contributed by atoms with Crippen LogP contribution in [0.15, 0.2) is 49.9 Å². The Morgan fingerprint density at radius 3 is 2.16 bits per heavy atom. The molecule has 0 aliphatic rings. The molecule has 0 heterocycles. The van der Waals surface area contributed by atoms with Crippen LogP contribution in [0.1, 0.15) is 0 Å². The van der Waals surface area contributed by atoms with Crippen LogP contribution in [-0.4, -0.2) is 4.92 Å². The third-order valence-corrected chi connectivity index (χ3v) is 4.63. The summed E-state index contributed by atoms with van der Waals surface area (Å²) in [6.07, 6.45) is 0. The van der Waals surface area contributed by atoms with E-state index in [2.05, 4.69) is 50.5 Å². The number of nitrogens with zero attached hydrogens (tertiary/aromatic N) is 1. The van der Waals surface area contributed by atoms with Gasteiger partial charge in [-0.1, -0.05) is 12.1 Å². The Labute approximate surface area is 132 Å². The van der Waals surface area contributed by atoms with Gasteiger partial charge in [-0.05, 0) is 18.2 Å². The number of hydrogen-bond acceptors (Lipinski definition) is 6. The van der Waals surface area contributed by atoms with Crippen LogP contribution in [0.2, 0.25) is 0 Å². The molecule has 0 aromatic heterocycles. The van der Waals surface area contributed by atoms with Gasteiger partial charge in [-0.3, -0.25) is 10.1 Å². The van der Waals surface area contributed by atoms with E-state index in [-0.39, 0.29) is 5.69 Å². The Morgan fingerprint density at radius 1 is 0.842 bits per heavy atom. The lowest BCUT2D eigenvalue weighted by Crippen LogP contribution is -1.94. The lowest BCUT2D eigenvalue weighted by Gasteiger charge is -2.10. The highest BCUT2D eigenvalue weighted by Crippen LogP contribution is 2.40. The summed E-state index contributed by atoms with van der Waals surface area (Å²) in [6, 6.07) is 8.43. The molecule has 2 rings (SSSR count). The third-order valence-electron chi connectivity index (χ3n) is 2.62. The maximum atomic E-state index is 11.2. The molecule has 3 nitrogen and oxygen atoms in total. The lowest BCUT2D eigenvalue weighted by molar-refractivity contribution is -0.387. The zero-order valence-electron chi connectivity index (χ0n) is 9.44.